The van der Waals surface area contributed by atoms with Gasteiger partial charge < -0.3 is 9.84 Å². The molecule has 0 saturated heterocycles. The molecule has 1 rings (SSSR count). The first kappa shape index (κ1) is 13.0. The van der Waals surface area contributed by atoms with Crippen LogP contribution in [-0.2, 0) is 15.4 Å². The Morgan fingerprint density at radius 2 is 1.88 bits per heavy atom. The summed E-state index contributed by atoms with van der Waals surface area (Å²) in [6.07, 6.45) is 1.13. The lowest BCUT2D eigenvalue weighted by molar-refractivity contribution is 0.0754. The Hall–Kier alpha value is -1.07. The van der Waals surface area contributed by atoms with Gasteiger partial charge in [-0.25, -0.2) is 8.42 Å². The first-order valence-corrected chi connectivity index (χ1v) is 6.66. The molecule has 90 valence electrons. The number of rotatable bonds is 3. The molecule has 16 heavy (non-hydrogen) atoms. The lowest BCUT2D eigenvalue weighted by atomic mass is 9.97. The molecule has 0 aliphatic carbocycles. The summed E-state index contributed by atoms with van der Waals surface area (Å²) in [5.74, 6) is 0.472. The van der Waals surface area contributed by atoms with E-state index in [2.05, 4.69) is 0 Å². The maximum Gasteiger partial charge on any atom is 0.175 e. The van der Waals surface area contributed by atoms with Crippen LogP contribution in [0.1, 0.15) is 19.4 Å². The van der Waals surface area contributed by atoms with Gasteiger partial charge in [-0.1, -0.05) is 0 Å². The summed E-state index contributed by atoms with van der Waals surface area (Å²) in [5, 5.41) is 9.92. The van der Waals surface area contributed by atoms with Crippen molar-refractivity contribution in [3.05, 3.63) is 23.8 Å². The summed E-state index contributed by atoms with van der Waals surface area (Å²) in [5.41, 5.74) is -0.690. The molecule has 0 fully saturated rings. The Morgan fingerprint density at radius 3 is 2.25 bits per heavy atom. The maximum atomic E-state index is 11.4. The SMILES string of the molecule is COc1ccc(S(C)(=O)=O)cc1C(C)(C)O. The number of benzene rings is 1. The molecular weight excluding hydrogens is 228 g/mol. The van der Waals surface area contributed by atoms with E-state index in [-0.39, 0.29) is 4.90 Å². The topological polar surface area (TPSA) is 63.6 Å². The third kappa shape index (κ3) is 2.74. The monoisotopic (exact) mass is 244 g/mol. The van der Waals surface area contributed by atoms with Gasteiger partial charge in [-0.2, -0.15) is 0 Å². The minimum atomic E-state index is -3.28. The van der Waals surface area contributed by atoms with Crippen LogP contribution in [-0.4, -0.2) is 26.9 Å². The van der Waals surface area contributed by atoms with Gasteiger partial charge in [-0.3, -0.25) is 0 Å². The fourth-order valence-corrected chi connectivity index (χ4v) is 2.04. The molecule has 0 amide bonds. The van der Waals surface area contributed by atoms with E-state index in [1.807, 2.05) is 0 Å². The normalized spacial score (nSPS) is 12.6. The molecule has 0 saturated carbocycles. The molecule has 5 heteroatoms. The zero-order chi connectivity index (χ0) is 12.6. The van der Waals surface area contributed by atoms with Crippen LogP contribution in [0.2, 0.25) is 0 Å². The second kappa shape index (κ2) is 4.07. The fourth-order valence-electron chi connectivity index (χ4n) is 1.40. The molecule has 4 nitrogen and oxygen atoms in total. The van der Waals surface area contributed by atoms with Gasteiger partial charge in [-0.05, 0) is 32.0 Å². The molecule has 0 heterocycles. The number of methoxy groups -OCH3 is 1. The van der Waals surface area contributed by atoms with Crippen molar-refractivity contribution in [2.24, 2.45) is 0 Å². The average molecular weight is 244 g/mol. The van der Waals surface area contributed by atoms with Crippen molar-refractivity contribution in [3.8, 4) is 5.75 Å². The highest BCUT2D eigenvalue weighted by Crippen LogP contribution is 2.31. The first-order valence-electron chi connectivity index (χ1n) is 4.77. The van der Waals surface area contributed by atoms with Crippen molar-refractivity contribution >= 4 is 9.84 Å². The Labute approximate surface area is 95.8 Å². The molecule has 0 unspecified atom stereocenters. The largest absolute Gasteiger partial charge is 0.496 e. The second-order valence-corrected chi connectivity index (χ2v) is 6.21. The Morgan fingerprint density at radius 1 is 1.31 bits per heavy atom. The summed E-state index contributed by atoms with van der Waals surface area (Å²) in [4.78, 5) is 0.172. The number of hydrogen-bond acceptors (Lipinski definition) is 4. The Balaban J connectivity index is 3.45. The van der Waals surface area contributed by atoms with Crippen molar-refractivity contribution in [2.45, 2.75) is 24.3 Å². The van der Waals surface area contributed by atoms with Crippen LogP contribution in [0.5, 0.6) is 5.75 Å². The van der Waals surface area contributed by atoms with Gasteiger partial charge in [-0.15, -0.1) is 0 Å². The van der Waals surface area contributed by atoms with E-state index in [9.17, 15) is 13.5 Å². The highest BCUT2D eigenvalue weighted by molar-refractivity contribution is 7.90. The molecule has 0 aliphatic rings. The number of sulfone groups is 1. The number of ether oxygens (including phenoxy) is 1. The van der Waals surface area contributed by atoms with E-state index in [0.29, 0.717) is 11.3 Å². The summed E-state index contributed by atoms with van der Waals surface area (Å²) in [6, 6.07) is 4.45. The molecule has 1 N–H and O–H groups in total. The van der Waals surface area contributed by atoms with Gasteiger partial charge in [0.1, 0.15) is 5.75 Å². The van der Waals surface area contributed by atoms with Crippen LogP contribution in [0, 0.1) is 0 Å². The minimum absolute atomic E-state index is 0.172. The van der Waals surface area contributed by atoms with Crippen molar-refractivity contribution in [3.63, 3.8) is 0 Å². The van der Waals surface area contributed by atoms with E-state index in [0.717, 1.165) is 6.26 Å². The van der Waals surface area contributed by atoms with E-state index in [4.69, 9.17) is 4.74 Å². The molecule has 0 spiro atoms. The smallest absolute Gasteiger partial charge is 0.175 e. The lowest BCUT2D eigenvalue weighted by Crippen LogP contribution is -2.17. The van der Waals surface area contributed by atoms with Crippen molar-refractivity contribution < 1.29 is 18.3 Å². The molecule has 1 aromatic rings. The highest BCUT2D eigenvalue weighted by atomic mass is 32.2. The molecule has 0 bridgehead atoms. The van der Waals surface area contributed by atoms with Gasteiger partial charge in [0, 0.05) is 11.8 Å². The predicted molar refractivity (Wildman–Crippen MR) is 61.3 cm³/mol. The summed E-state index contributed by atoms with van der Waals surface area (Å²) < 4.78 is 27.9. The second-order valence-electron chi connectivity index (χ2n) is 4.19. The van der Waals surface area contributed by atoms with Crippen molar-refractivity contribution in [2.75, 3.05) is 13.4 Å². The lowest BCUT2D eigenvalue weighted by Gasteiger charge is -2.21. The standard InChI is InChI=1S/C11H16O4S/c1-11(2,12)9-7-8(16(4,13)14)5-6-10(9)15-3/h5-7,12H,1-4H3. The quantitative estimate of drug-likeness (QED) is 0.871. The fraction of sp³-hybridized carbons (Fsp3) is 0.455. The minimum Gasteiger partial charge on any atom is -0.496 e. The molecule has 1 aromatic carbocycles. The summed E-state index contributed by atoms with van der Waals surface area (Å²) >= 11 is 0. The van der Waals surface area contributed by atoms with Crippen LogP contribution in [0.3, 0.4) is 0 Å². The predicted octanol–water partition coefficient (Wildman–Crippen LogP) is 1.33. The molecule has 0 radical (unpaired) electrons. The highest BCUT2D eigenvalue weighted by Gasteiger charge is 2.23. The maximum absolute atomic E-state index is 11.4. The number of hydrogen-bond donors (Lipinski definition) is 1. The van der Waals surface area contributed by atoms with E-state index in [1.165, 1.54) is 19.2 Å². The van der Waals surface area contributed by atoms with Crippen molar-refractivity contribution in [1.29, 1.82) is 0 Å². The molecule has 0 atom stereocenters. The van der Waals surface area contributed by atoms with Crippen LogP contribution < -0.4 is 4.74 Å². The zero-order valence-electron chi connectivity index (χ0n) is 9.81. The van der Waals surface area contributed by atoms with Crippen LogP contribution >= 0.6 is 0 Å². The molecular formula is C11H16O4S. The average Bonchev–Trinajstić information content (AvgIpc) is 2.14. The Bertz CT molecular complexity index is 483. The van der Waals surface area contributed by atoms with Gasteiger partial charge in [0.15, 0.2) is 9.84 Å². The van der Waals surface area contributed by atoms with Crippen LogP contribution in [0.4, 0.5) is 0 Å². The van der Waals surface area contributed by atoms with Crippen LogP contribution in [0.25, 0.3) is 0 Å². The van der Waals surface area contributed by atoms with Gasteiger partial charge >= 0.3 is 0 Å². The van der Waals surface area contributed by atoms with Crippen molar-refractivity contribution in [1.82, 2.24) is 0 Å². The van der Waals surface area contributed by atoms with Gasteiger partial charge in [0.2, 0.25) is 0 Å². The van der Waals surface area contributed by atoms with Gasteiger partial charge in [0.25, 0.3) is 0 Å². The summed E-state index contributed by atoms with van der Waals surface area (Å²) in [7, 11) is -1.80. The first-order chi connectivity index (χ1) is 7.16. The van der Waals surface area contributed by atoms with E-state index >= 15 is 0 Å². The Kier molecular flexibility index (Phi) is 3.30. The number of aliphatic hydroxyl groups is 1. The molecule has 0 aromatic heterocycles. The zero-order valence-corrected chi connectivity index (χ0v) is 10.6. The van der Waals surface area contributed by atoms with Crippen LogP contribution in [0.15, 0.2) is 23.1 Å². The third-order valence-corrected chi connectivity index (χ3v) is 3.37. The third-order valence-electron chi connectivity index (χ3n) is 2.26. The van der Waals surface area contributed by atoms with Gasteiger partial charge in [0.05, 0.1) is 17.6 Å². The van der Waals surface area contributed by atoms with E-state index in [1.54, 1.807) is 19.9 Å². The van der Waals surface area contributed by atoms with E-state index < -0.39 is 15.4 Å². The molecule has 0 aliphatic heterocycles. The summed E-state index contributed by atoms with van der Waals surface area (Å²) in [6.45, 7) is 3.16.